The summed E-state index contributed by atoms with van der Waals surface area (Å²) in [5.74, 6) is 0.909. The van der Waals surface area contributed by atoms with E-state index in [2.05, 4.69) is 36.0 Å². The maximum absolute atomic E-state index is 5.99. The van der Waals surface area contributed by atoms with Crippen LogP contribution in [0.4, 0.5) is 0 Å². The van der Waals surface area contributed by atoms with E-state index in [1.54, 1.807) is 7.11 Å². The zero-order valence-electron chi connectivity index (χ0n) is 12.9. The number of aromatic nitrogens is 1. The highest BCUT2D eigenvalue weighted by Crippen LogP contribution is 2.25. The van der Waals surface area contributed by atoms with Gasteiger partial charge in [-0.3, -0.25) is 9.88 Å². The first kappa shape index (κ1) is 15.5. The van der Waals surface area contributed by atoms with Gasteiger partial charge in [-0.25, -0.2) is 0 Å². The molecule has 0 saturated heterocycles. The van der Waals surface area contributed by atoms with Crippen LogP contribution in [0.1, 0.15) is 22.7 Å². The molecule has 0 radical (unpaired) electrons. The molecule has 4 heteroatoms. The van der Waals surface area contributed by atoms with Gasteiger partial charge in [0.25, 0.3) is 0 Å². The standard InChI is InChI=1S/C17H23N3O/c1-13-10-15(4-5-17(13)21-3)16(11-18)20(2)12-14-6-8-19-9-7-14/h4-10,16H,11-12,18H2,1-3H3. The van der Waals surface area contributed by atoms with Gasteiger partial charge in [-0.05, 0) is 48.9 Å². The van der Waals surface area contributed by atoms with Gasteiger partial charge in [0, 0.05) is 31.5 Å². The predicted molar refractivity (Wildman–Crippen MR) is 85.2 cm³/mol. The first-order valence-corrected chi connectivity index (χ1v) is 7.09. The number of likely N-dealkylation sites (N-methyl/N-ethyl adjacent to an activating group) is 1. The highest BCUT2D eigenvalue weighted by atomic mass is 16.5. The van der Waals surface area contributed by atoms with E-state index in [4.69, 9.17) is 10.5 Å². The lowest BCUT2D eigenvalue weighted by Crippen LogP contribution is -2.30. The molecule has 0 amide bonds. The number of benzene rings is 1. The first-order valence-electron chi connectivity index (χ1n) is 7.09. The van der Waals surface area contributed by atoms with Crippen LogP contribution in [0, 0.1) is 6.92 Å². The average Bonchev–Trinajstić information content (AvgIpc) is 2.49. The van der Waals surface area contributed by atoms with E-state index in [-0.39, 0.29) is 6.04 Å². The normalized spacial score (nSPS) is 12.4. The van der Waals surface area contributed by atoms with Crippen molar-refractivity contribution in [1.82, 2.24) is 9.88 Å². The molecule has 0 fully saturated rings. The largest absolute Gasteiger partial charge is 0.496 e. The van der Waals surface area contributed by atoms with Crippen molar-refractivity contribution in [1.29, 1.82) is 0 Å². The van der Waals surface area contributed by atoms with Crippen LogP contribution in [0.3, 0.4) is 0 Å². The van der Waals surface area contributed by atoms with Crippen LogP contribution in [0.15, 0.2) is 42.7 Å². The molecule has 1 aromatic carbocycles. The summed E-state index contributed by atoms with van der Waals surface area (Å²) in [4.78, 5) is 6.31. The van der Waals surface area contributed by atoms with Gasteiger partial charge in [-0.2, -0.15) is 0 Å². The maximum Gasteiger partial charge on any atom is 0.121 e. The Morgan fingerprint density at radius 2 is 1.95 bits per heavy atom. The third-order valence-electron chi connectivity index (χ3n) is 3.74. The molecule has 0 bridgehead atoms. The minimum Gasteiger partial charge on any atom is -0.496 e. The number of hydrogen-bond donors (Lipinski definition) is 1. The van der Waals surface area contributed by atoms with Crippen LogP contribution < -0.4 is 10.5 Å². The lowest BCUT2D eigenvalue weighted by atomic mass is 10.0. The summed E-state index contributed by atoms with van der Waals surface area (Å²) in [7, 11) is 3.79. The van der Waals surface area contributed by atoms with Gasteiger partial charge in [0.05, 0.1) is 7.11 Å². The van der Waals surface area contributed by atoms with Gasteiger partial charge in [-0.15, -0.1) is 0 Å². The molecule has 0 spiro atoms. The fourth-order valence-corrected chi connectivity index (χ4v) is 2.57. The fourth-order valence-electron chi connectivity index (χ4n) is 2.57. The van der Waals surface area contributed by atoms with Crippen LogP contribution in [0.25, 0.3) is 0 Å². The molecule has 1 atom stereocenters. The van der Waals surface area contributed by atoms with Crippen molar-refractivity contribution in [3.05, 3.63) is 59.4 Å². The molecule has 2 rings (SSSR count). The molecule has 4 nitrogen and oxygen atoms in total. The predicted octanol–water partition coefficient (Wildman–Crippen LogP) is 2.53. The zero-order valence-corrected chi connectivity index (χ0v) is 12.9. The van der Waals surface area contributed by atoms with E-state index in [1.165, 1.54) is 11.1 Å². The van der Waals surface area contributed by atoms with Crippen LogP contribution in [0.2, 0.25) is 0 Å². The second-order valence-electron chi connectivity index (χ2n) is 5.25. The molecular weight excluding hydrogens is 262 g/mol. The molecule has 2 N–H and O–H groups in total. The van der Waals surface area contributed by atoms with E-state index >= 15 is 0 Å². The number of aryl methyl sites for hydroxylation is 1. The summed E-state index contributed by atoms with van der Waals surface area (Å²) in [6.07, 6.45) is 3.64. The number of pyridine rings is 1. The number of nitrogens with zero attached hydrogens (tertiary/aromatic N) is 2. The van der Waals surface area contributed by atoms with E-state index in [0.717, 1.165) is 17.9 Å². The molecule has 1 heterocycles. The molecule has 112 valence electrons. The van der Waals surface area contributed by atoms with Crippen molar-refractivity contribution in [3.63, 3.8) is 0 Å². The van der Waals surface area contributed by atoms with Crippen LogP contribution in [-0.2, 0) is 6.54 Å². The number of ether oxygens (including phenoxy) is 1. The second-order valence-corrected chi connectivity index (χ2v) is 5.25. The minimum absolute atomic E-state index is 0.183. The lowest BCUT2D eigenvalue weighted by Gasteiger charge is -2.28. The monoisotopic (exact) mass is 285 g/mol. The number of rotatable bonds is 6. The van der Waals surface area contributed by atoms with Crippen molar-refractivity contribution >= 4 is 0 Å². The fraction of sp³-hybridized carbons (Fsp3) is 0.353. The number of methoxy groups -OCH3 is 1. The Kier molecular flexibility index (Phi) is 5.31. The molecule has 0 aliphatic rings. The Morgan fingerprint density at radius 1 is 1.24 bits per heavy atom. The molecular formula is C17H23N3O. The maximum atomic E-state index is 5.99. The summed E-state index contributed by atoms with van der Waals surface area (Å²) < 4.78 is 5.32. The molecule has 1 unspecified atom stereocenters. The molecule has 0 aliphatic carbocycles. The summed E-state index contributed by atoms with van der Waals surface area (Å²) in [5.41, 5.74) is 9.57. The zero-order chi connectivity index (χ0) is 15.2. The molecule has 0 aliphatic heterocycles. The minimum atomic E-state index is 0.183. The van der Waals surface area contributed by atoms with Crippen molar-refractivity contribution in [2.75, 3.05) is 20.7 Å². The van der Waals surface area contributed by atoms with Gasteiger partial charge in [0.2, 0.25) is 0 Å². The van der Waals surface area contributed by atoms with Crippen molar-refractivity contribution in [3.8, 4) is 5.75 Å². The summed E-state index contributed by atoms with van der Waals surface area (Å²) in [5, 5.41) is 0. The van der Waals surface area contributed by atoms with Crippen molar-refractivity contribution in [2.45, 2.75) is 19.5 Å². The summed E-state index contributed by atoms with van der Waals surface area (Å²) in [6, 6.07) is 10.5. The van der Waals surface area contributed by atoms with E-state index in [1.807, 2.05) is 30.6 Å². The van der Waals surface area contributed by atoms with Crippen LogP contribution in [0.5, 0.6) is 5.75 Å². The Labute approximate surface area is 126 Å². The van der Waals surface area contributed by atoms with Gasteiger partial charge >= 0.3 is 0 Å². The Hall–Kier alpha value is -1.91. The van der Waals surface area contributed by atoms with Gasteiger partial charge in [-0.1, -0.05) is 12.1 Å². The van der Waals surface area contributed by atoms with Crippen molar-refractivity contribution in [2.24, 2.45) is 5.73 Å². The smallest absolute Gasteiger partial charge is 0.121 e. The first-order chi connectivity index (χ1) is 10.2. The highest BCUT2D eigenvalue weighted by molar-refractivity contribution is 5.37. The van der Waals surface area contributed by atoms with Crippen molar-refractivity contribution < 1.29 is 4.74 Å². The average molecular weight is 285 g/mol. The summed E-state index contributed by atoms with van der Waals surface area (Å²) >= 11 is 0. The molecule has 2 aromatic rings. The van der Waals surface area contributed by atoms with E-state index < -0.39 is 0 Å². The SMILES string of the molecule is COc1ccc(C(CN)N(C)Cc2ccncc2)cc1C. The molecule has 1 aromatic heterocycles. The third-order valence-corrected chi connectivity index (χ3v) is 3.74. The third kappa shape index (κ3) is 3.80. The van der Waals surface area contributed by atoms with Gasteiger partial charge < -0.3 is 10.5 Å². The van der Waals surface area contributed by atoms with Gasteiger partial charge in [0.15, 0.2) is 0 Å². The lowest BCUT2D eigenvalue weighted by molar-refractivity contribution is 0.241. The second kappa shape index (κ2) is 7.20. The topological polar surface area (TPSA) is 51.4 Å². The molecule has 0 saturated carbocycles. The van der Waals surface area contributed by atoms with Crippen LogP contribution in [-0.4, -0.2) is 30.6 Å². The van der Waals surface area contributed by atoms with E-state index in [9.17, 15) is 0 Å². The number of hydrogen-bond acceptors (Lipinski definition) is 4. The Bertz CT molecular complexity index is 572. The van der Waals surface area contributed by atoms with Gasteiger partial charge in [0.1, 0.15) is 5.75 Å². The quantitative estimate of drug-likeness (QED) is 0.886. The highest BCUT2D eigenvalue weighted by Gasteiger charge is 2.16. The number of nitrogens with two attached hydrogens (primary N) is 1. The molecule has 21 heavy (non-hydrogen) atoms. The van der Waals surface area contributed by atoms with E-state index in [0.29, 0.717) is 6.54 Å². The Balaban J connectivity index is 2.16. The van der Waals surface area contributed by atoms with Crippen LogP contribution >= 0.6 is 0 Å². The summed E-state index contributed by atoms with van der Waals surface area (Å²) in [6.45, 7) is 3.47. The Morgan fingerprint density at radius 3 is 2.52 bits per heavy atom.